The van der Waals surface area contributed by atoms with Crippen LogP contribution in [0.15, 0.2) is 18.2 Å². The van der Waals surface area contributed by atoms with Crippen molar-refractivity contribution >= 4 is 11.6 Å². The van der Waals surface area contributed by atoms with Crippen LogP contribution in [0.3, 0.4) is 0 Å². The van der Waals surface area contributed by atoms with Gasteiger partial charge in [0.05, 0.1) is 6.61 Å². The van der Waals surface area contributed by atoms with E-state index in [1.807, 2.05) is 0 Å². The largest absolute Gasteiger partial charge is 0.381 e. The van der Waals surface area contributed by atoms with Crippen molar-refractivity contribution in [1.82, 2.24) is 0 Å². The first-order valence-electron chi connectivity index (χ1n) is 5.44. The molecule has 1 aromatic rings. The Morgan fingerprint density at radius 1 is 1.50 bits per heavy atom. The molecule has 2 rings (SSSR count). The van der Waals surface area contributed by atoms with Crippen molar-refractivity contribution in [3.8, 4) is 0 Å². The van der Waals surface area contributed by atoms with Gasteiger partial charge in [0.15, 0.2) is 0 Å². The fourth-order valence-electron chi connectivity index (χ4n) is 2.01. The number of halogens is 2. The van der Waals surface area contributed by atoms with Crippen LogP contribution in [0.25, 0.3) is 0 Å². The Bertz CT molecular complexity index is 352. The first-order chi connectivity index (χ1) is 7.68. The smallest absolute Gasteiger partial charge is 0.127 e. The van der Waals surface area contributed by atoms with Crippen molar-refractivity contribution in [3.05, 3.63) is 34.6 Å². The molecule has 1 fully saturated rings. The van der Waals surface area contributed by atoms with Crippen molar-refractivity contribution in [2.75, 3.05) is 13.2 Å². The maximum atomic E-state index is 13.6. The second-order valence-corrected chi connectivity index (χ2v) is 4.60. The van der Waals surface area contributed by atoms with Crippen LogP contribution in [-0.4, -0.2) is 19.3 Å². The van der Waals surface area contributed by atoms with Gasteiger partial charge in [-0.05, 0) is 25.0 Å². The van der Waals surface area contributed by atoms with Gasteiger partial charge in [-0.15, -0.1) is 0 Å². The highest BCUT2D eigenvalue weighted by atomic mass is 35.5. The minimum atomic E-state index is -0.259. The lowest BCUT2D eigenvalue weighted by Crippen LogP contribution is -2.39. The van der Waals surface area contributed by atoms with Crippen LogP contribution in [0.1, 0.15) is 12.0 Å². The highest BCUT2D eigenvalue weighted by Crippen LogP contribution is 2.25. The molecule has 2 nitrogen and oxygen atoms in total. The molecular weight excluding hydrogens is 229 g/mol. The second-order valence-electron chi connectivity index (χ2n) is 4.19. The Morgan fingerprint density at radius 2 is 2.31 bits per heavy atom. The van der Waals surface area contributed by atoms with E-state index < -0.39 is 0 Å². The molecule has 4 heteroatoms. The summed E-state index contributed by atoms with van der Waals surface area (Å²) in [6.45, 7) is 1.29. The molecule has 0 bridgehead atoms. The van der Waals surface area contributed by atoms with E-state index in [-0.39, 0.29) is 17.8 Å². The zero-order chi connectivity index (χ0) is 11.5. The number of nitrogens with two attached hydrogens (primary N) is 1. The summed E-state index contributed by atoms with van der Waals surface area (Å²) in [5, 5.41) is 0.470. The van der Waals surface area contributed by atoms with E-state index in [0.717, 1.165) is 6.42 Å². The third-order valence-corrected chi connectivity index (χ3v) is 3.42. The van der Waals surface area contributed by atoms with Crippen molar-refractivity contribution < 1.29 is 9.13 Å². The van der Waals surface area contributed by atoms with Crippen molar-refractivity contribution in [2.45, 2.75) is 18.9 Å². The maximum absolute atomic E-state index is 13.6. The molecule has 0 unspecified atom stereocenters. The summed E-state index contributed by atoms with van der Waals surface area (Å²) in [6, 6.07) is 4.81. The van der Waals surface area contributed by atoms with Gasteiger partial charge in [-0.1, -0.05) is 17.7 Å². The average molecular weight is 244 g/mol. The molecule has 1 heterocycles. The summed E-state index contributed by atoms with van der Waals surface area (Å²) in [5.74, 6) is -0.103. The molecule has 88 valence electrons. The van der Waals surface area contributed by atoms with Gasteiger partial charge in [0.1, 0.15) is 5.82 Å². The average Bonchev–Trinajstić information content (AvgIpc) is 2.26. The summed E-state index contributed by atoms with van der Waals surface area (Å²) in [6.07, 6.45) is 1.38. The van der Waals surface area contributed by atoms with E-state index in [9.17, 15) is 4.39 Å². The van der Waals surface area contributed by atoms with Crippen molar-refractivity contribution in [3.63, 3.8) is 0 Å². The fourth-order valence-corrected chi connectivity index (χ4v) is 2.25. The van der Waals surface area contributed by atoms with Crippen LogP contribution < -0.4 is 5.73 Å². The molecule has 0 aliphatic carbocycles. The quantitative estimate of drug-likeness (QED) is 0.866. The van der Waals surface area contributed by atoms with E-state index in [1.165, 1.54) is 6.07 Å². The summed E-state index contributed by atoms with van der Waals surface area (Å²) in [5.41, 5.74) is 6.53. The minimum absolute atomic E-state index is 0.0735. The summed E-state index contributed by atoms with van der Waals surface area (Å²) >= 11 is 5.97. The van der Waals surface area contributed by atoms with Gasteiger partial charge >= 0.3 is 0 Å². The lowest BCUT2D eigenvalue weighted by atomic mass is 9.90. The maximum Gasteiger partial charge on any atom is 0.127 e. The van der Waals surface area contributed by atoms with Crippen LogP contribution in [0.5, 0.6) is 0 Å². The summed E-state index contributed by atoms with van der Waals surface area (Å²) in [4.78, 5) is 0. The molecule has 16 heavy (non-hydrogen) atoms. The molecular formula is C12H15ClFNO. The third-order valence-electron chi connectivity index (χ3n) is 3.06. The Labute approximate surface area is 99.5 Å². The summed E-state index contributed by atoms with van der Waals surface area (Å²) in [7, 11) is 0. The fraction of sp³-hybridized carbons (Fsp3) is 0.500. The molecule has 0 aromatic heterocycles. The van der Waals surface area contributed by atoms with E-state index in [2.05, 4.69) is 0 Å². The molecule has 1 aromatic carbocycles. The highest BCUT2D eigenvalue weighted by molar-refractivity contribution is 6.31. The lowest BCUT2D eigenvalue weighted by molar-refractivity contribution is 0.0420. The zero-order valence-corrected chi connectivity index (χ0v) is 9.71. The Morgan fingerprint density at radius 3 is 3.00 bits per heavy atom. The monoisotopic (exact) mass is 243 g/mol. The van der Waals surface area contributed by atoms with Crippen LogP contribution in [0, 0.1) is 11.7 Å². The van der Waals surface area contributed by atoms with Gasteiger partial charge in [0, 0.05) is 29.2 Å². The lowest BCUT2D eigenvalue weighted by Gasteiger charge is -2.29. The Hall–Kier alpha value is -0.640. The molecule has 0 saturated carbocycles. The van der Waals surface area contributed by atoms with E-state index in [0.29, 0.717) is 30.2 Å². The Kier molecular flexibility index (Phi) is 3.79. The number of hydrogen-bond acceptors (Lipinski definition) is 2. The van der Waals surface area contributed by atoms with Gasteiger partial charge in [-0.2, -0.15) is 0 Å². The van der Waals surface area contributed by atoms with Crippen molar-refractivity contribution in [1.29, 1.82) is 0 Å². The number of rotatable bonds is 2. The normalized spacial score (nSPS) is 25.7. The van der Waals surface area contributed by atoms with Gasteiger partial charge in [-0.3, -0.25) is 0 Å². The first-order valence-corrected chi connectivity index (χ1v) is 5.82. The van der Waals surface area contributed by atoms with Crippen LogP contribution in [-0.2, 0) is 11.2 Å². The third kappa shape index (κ3) is 2.54. The molecule has 1 aliphatic heterocycles. The van der Waals surface area contributed by atoms with Crippen LogP contribution in [0.2, 0.25) is 5.02 Å². The topological polar surface area (TPSA) is 35.2 Å². The van der Waals surface area contributed by atoms with Gasteiger partial charge < -0.3 is 10.5 Å². The van der Waals surface area contributed by atoms with Gasteiger partial charge in [0.2, 0.25) is 0 Å². The minimum Gasteiger partial charge on any atom is -0.381 e. The number of hydrogen-bond donors (Lipinski definition) is 1. The summed E-state index contributed by atoms with van der Waals surface area (Å²) < 4.78 is 18.9. The Balaban J connectivity index is 2.13. The zero-order valence-electron chi connectivity index (χ0n) is 8.96. The number of ether oxygens (including phenoxy) is 1. The molecule has 2 atom stereocenters. The SMILES string of the molecule is N[C@@H]1CCOC[C@H]1Cc1c(F)cccc1Cl. The number of benzene rings is 1. The van der Waals surface area contributed by atoms with Crippen LogP contribution in [0.4, 0.5) is 4.39 Å². The van der Waals surface area contributed by atoms with E-state index in [1.54, 1.807) is 12.1 Å². The predicted molar refractivity (Wildman–Crippen MR) is 62.0 cm³/mol. The first kappa shape index (κ1) is 11.8. The standard InChI is InChI=1S/C12H15ClFNO/c13-10-2-1-3-11(14)9(10)6-8-7-16-5-4-12(8)15/h1-3,8,12H,4-7,15H2/t8-,12-/m1/s1. The second kappa shape index (κ2) is 5.13. The van der Waals surface area contributed by atoms with Gasteiger partial charge in [-0.25, -0.2) is 4.39 Å². The van der Waals surface area contributed by atoms with Crippen molar-refractivity contribution in [2.24, 2.45) is 11.7 Å². The molecule has 2 N–H and O–H groups in total. The molecule has 0 amide bonds. The molecule has 0 radical (unpaired) electrons. The van der Waals surface area contributed by atoms with Crippen LogP contribution >= 0.6 is 11.6 Å². The molecule has 1 aliphatic rings. The van der Waals surface area contributed by atoms with E-state index >= 15 is 0 Å². The van der Waals surface area contributed by atoms with E-state index in [4.69, 9.17) is 22.1 Å². The molecule has 1 saturated heterocycles. The van der Waals surface area contributed by atoms with Gasteiger partial charge in [0.25, 0.3) is 0 Å². The molecule has 0 spiro atoms. The predicted octanol–water partition coefficient (Wildman–Crippen LogP) is 2.39. The highest BCUT2D eigenvalue weighted by Gasteiger charge is 2.24.